The highest BCUT2D eigenvalue weighted by Gasteiger charge is 2.13. The summed E-state index contributed by atoms with van der Waals surface area (Å²) in [6.45, 7) is 4.16. The minimum absolute atomic E-state index is 0.0202. The van der Waals surface area contributed by atoms with Crippen molar-refractivity contribution in [3.63, 3.8) is 0 Å². The fourth-order valence-corrected chi connectivity index (χ4v) is 1.87. The fraction of sp³-hybridized carbons (Fsp3) is 0.462. The first kappa shape index (κ1) is 13.3. The SMILES string of the molecule is COc1nc2oc(=O)cc(CCC(C)C)c2c(=O)[nH]1. The molecule has 2 aromatic rings. The van der Waals surface area contributed by atoms with Crippen LogP contribution in [0.5, 0.6) is 6.01 Å². The van der Waals surface area contributed by atoms with Crippen molar-refractivity contribution in [1.29, 1.82) is 0 Å². The van der Waals surface area contributed by atoms with Gasteiger partial charge in [0.1, 0.15) is 5.39 Å². The van der Waals surface area contributed by atoms with Crippen LogP contribution in [0.2, 0.25) is 0 Å². The molecule has 0 spiro atoms. The topological polar surface area (TPSA) is 85.2 Å². The lowest BCUT2D eigenvalue weighted by molar-refractivity contribution is 0.376. The van der Waals surface area contributed by atoms with E-state index in [1.165, 1.54) is 13.2 Å². The van der Waals surface area contributed by atoms with Crippen molar-refractivity contribution in [3.8, 4) is 6.01 Å². The van der Waals surface area contributed by atoms with Crippen molar-refractivity contribution in [1.82, 2.24) is 9.97 Å². The van der Waals surface area contributed by atoms with Gasteiger partial charge in [0.15, 0.2) is 0 Å². The molecule has 0 unspecified atom stereocenters. The summed E-state index contributed by atoms with van der Waals surface area (Å²) in [5, 5.41) is 0.320. The molecule has 0 atom stereocenters. The van der Waals surface area contributed by atoms with E-state index in [-0.39, 0.29) is 17.3 Å². The summed E-state index contributed by atoms with van der Waals surface area (Å²) in [5.41, 5.74) is -0.182. The number of H-pyrrole nitrogens is 1. The average Bonchev–Trinajstić information content (AvgIpc) is 2.34. The van der Waals surface area contributed by atoms with Gasteiger partial charge in [-0.05, 0) is 24.3 Å². The van der Waals surface area contributed by atoms with Gasteiger partial charge in [0.25, 0.3) is 11.6 Å². The van der Waals surface area contributed by atoms with Crippen molar-refractivity contribution >= 4 is 11.1 Å². The molecule has 19 heavy (non-hydrogen) atoms. The highest BCUT2D eigenvalue weighted by Crippen LogP contribution is 2.16. The Morgan fingerprint density at radius 1 is 1.42 bits per heavy atom. The van der Waals surface area contributed by atoms with E-state index >= 15 is 0 Å². The number of aromatic nitrogens is 2. The maximum Gasteiger partial charge on any atom is 0.337 e. The zero-order valence-electron chi connectivity index (χ0n) is 11.1. The monoisotopic (exact) mass is 264 g/mol. The standard InChI is InChI=1S/C13H16N2O4/c1-7(2)4-5-8-6-9(16)19-12-10(8)11(17)14-13(15-12)18-3/h6-7H,4-5H2,1-3H3,(H,14,15,17). The molecule has 0 saturated heterocycles. The van der Waals surface area contributed by atoms with Crippen LogP contribution in [0.15, 0.2) is 20.1 Å². The van der Waals surface area contributed by atoms with Gasteiger partial charge in [-0.3, -0.25) is 9.78 Å². The van der Waals surface area contributed by atoms with Crippen molar-refractivity contribution in [3.05, 3.63) is 32.4 Å². The number of ether oxygens (including phenoxy) is 1. The second kappa shape index (κ2) is 5.26. The molecule has 0 aliphatic carbocycles. The third-order valence-electron chi connectivity index (χ3n) is 2.86. The molecule has 0 fully saturated rings. The van der Waals surface area contributed by atoms with Gasteiger partial charge in [0.2, 0.25) is 5.71 Å². The maximum absolute atomic E-state index is 12.0. The largest absolute Gasteiger partial charge is 0.468 e. The second-order valence-corrected chi connectivity index (χ2v) is 4.78. The van der Waals surface area contributed by atoms with Crippen LogP contribution < -0.4 is 15.9 Å². The van der Waals surface area contributed by atoms with E-state index in [0.717, 1.165) is 6.42 Å². The van der Waals surface area contributed by atoms with Crippen LogP contribution in [0.3, 0.4) is 0 Å². The Balaban J connectivity index is 2.63. The number of rotatable bonds is 4. The van der Waals surface area contributed by atoms with Gasteiger partial charge in [-0.2, -0.15) is 4.98 Å². The molecule has 2 rings (SSSR count). The zero-order chi connectivity index (χ0) is 14.0. The average molecular weight is 264 g/mol. The van der Waals surface area contributed by atoms with E-state index in [1.807, 2.05) is 0 Å². The van der Waals surface area contributed by atoms with Crippen LogP contribution in [0.1, 0.15) is 25.8 Å². The van der Waals surface area contributed by atoms with Crippen LogP contribution in [0.4, 0.5) is 0 Å². The quantitative estimate of drug-likeness (QED) is 0.903. The zero-order valence-corrected chi connectivity index (χ0v) is 11.1. The summed E-state index contributed by atoms with van der Waals surface area (Å²) in [5.74, 6) is 0.479. The first-order valence-electron chi connectivity index (χ1n) is 6.12. The minimum atomic E-state index is -0.508. The van der Waals surface area contributed by atoms with Crippen LogP contribution in [0.25, 0.3) is 11.1 Å². The maximum atomic E-state index is 12.0. The number of aryl methyl sites for hydroxylation is 1. The molecule has 6 nitrogen and oxygen atoms in total. The smallest absolute Gasteiger partial charge is 0.337 e. The third kappa shape index (κ3) is 2.83. The molecule has 6 heteroatoms. The molecule has 0 bridgehead atoms. The Morgan fingerprint density at radius 3 is 2.79 bits per heavy atom. The summed E-state index contributed by atoms with van der Waals surface area (Å²) in [6.07, 6.45) is 1.51. The Hall–Kier alpha value is -2.11. The molecule has 102 valence electrons. The lowest BCUT2D eigenvalue weighted by Crippen LogP contribution is -2.15. The van der Waals surface area contributed by atoms with Gasteiger partial charge in [0.05, 0.1) is 7.11 Å². The van der Waals surface area contributed by atoms with E-state index in [1.54, 1.807) is 0 Å². The summed E-state index contributed by atoms with van der Waals surface area (Å²) in [7, 11) is 1.38. The number of hydrogen-bond donors (Lipinski definition) is 1. The summed E-state index contributed by atoms with van der Waals surface area (Å²) in [6, 6.07) is 1.38. The number of nitrogens with one attached hydrogen (secondary N) is 1. The lowest BCUT2D eigenvalue weighted by Gasteiger charge is -2.07. The summed E-state index contributed by atoms with van der Waals surface area (Å²) >= 11 is 0. The van der Waals surface area contributed by atoms with Gasteiger partial charge in [0, 0.05) is 6.07 Å². The molecular weight excluding hydrogens is 248 g/mol. The number of methoxy groups -OCH3 is 1. The third-order valence-corrected chi connectivity index (χ3v) is 2.86. The molecule has 2 aromatic heterocycles. The van der Waals surface area contributed by atoms with Crippen molar-refractivity contribution in [2.45, 2.75) is 26.7 Å². The molecule has 2 heterocycles. The molecule has 0 radical (unpaired) electrons. The van der Waals surface area contributed by atoms with Crippen molar-refractivity contribution < 1.29 is 9.15 Å². The summed E-state index contributed by atoms with van der Waals surface area (Å²) in [4.78, 5) is 30.0. The number of aromatic amines is 1. The van der Waals surface area contributed by atoms with Gasteiger partial charge >= 0.3 is 5.63 Å². The van der Waals surface area contributed by atoms with Gasteiger partial charge in [-0.1, -0.05) is 13.8 Å². The van der Waals surface area contributed by atoms with Crippen LogP contribution in [-0.2, 0) is 6.42 Å². The van der Waals surface area contributed by atoms with E-state index in [4.69, 9.17) is 9.15 Å². The van der Waals surface area contributed by atoms with E-state index in [2.05, 4.69) is 23.8 Å². The molecule has 0 aliphatic rings. The van der Waals surface area contributed by atoms with Crippen LogP contribution in [0, 0.1) is 5.92 Å². The summed E-state index contributed by atoms with van der Waals surface area (Å²) < 4.78 is 9.82. The minimum Gasteiger partial charge on any atom is -0.468 e. The Kier molecular flexibility index (Phi) is 3.69. The molecule has 0 aliphatic heterocycles. The molecule has 0 aromatic carbocycles. The second-order valence-electron chi connectivity index (χ2n) is 4.78. The van der Waals surface area contributed by atoms with Crippen LogP contribution in [-0.4, -0.2) is 17.1 Å². The van der Waals surface area contributed by atoms with Gasteiger partial charge < -0.3 is 9.15 Å². The lowest BCUT2D eigenvalue weighted by atomic mass is 10.0. The van der Waals surface area contributed by atoms with E-state index in [0.29, 0.717) is 23.3 Å². The predicted octanol–water partition coefficient (Wildman–Crippen LogP) is 1.47. The molecular formula is C13H16N2O4. The molecule has 1 N–H and O–H groups in total. The first-order chi connectivity index (χ1) is 9.01. The predicted molar refractivity (Wildman–Crippen MR) is 70.6 cm³/mol. The normalized spacial score (nSPS) is 11.2. The Labute approximate surface area is 109 Å². The van der Waals surface area contributed by atoms with Crippen LogP contribution >= 0.6 is 0 Å². The Morgan fingerprint density at radius 2 is 2.16 bits per heavy atom. The Bertz CT molecular complexity index is 700. The van der Waals surface area contributed by atoms with E-state index in [9.17, 15) is 9.59 Å². The number of fused-ring (bicyclic) bond motifs is 1. The van der Waals surface area contributed by atoms with Crippen molar-refractivity contribution in [2.75, 3.05) is 7.11 Å². The van der Waals surface area contributed by atoms with E-state index < -0.39 is 5.63 Å². The highest BCUT2D eigenvalue weighted by molar-refractivity contribution is 5.75. The molecule has 0 saturated carbocycles. The van der Waals surface area contributed by atoms with Crippen molar-refractivity contribution in [2.24, 2.45) is 5.92 Å². The van der Waals surface area contributed by atoms with Gasteiger partial charge in [-0.15, -0.1) is 0 Å². The first-order valence-corrected chi connectivity index (χ1v) is 6.12. The number of hydrogen-bond acceptors (Lipinski definition) is 5. The fourth-order valence-electron chi connectivity index (χ4n) is 1.87. The molecule has 0 amide bonds. The highest BCUT2D eigenvalue weighted by atomic mass is 16.5. The van der Waals surface area contributed by atoms with Gasteiger partial charge in [-0.25, -0.2) is 4.79 Å². The number of nitrogens with zero attached hydrogens (tertiary/aromatic N) is 1.